The molecule has 0 saturated carbocycles. The minimum Gasteiger partial charge on any atom is -0.370 e. The number of nitrogens with two attached hydrogens (primary N) is 1. The number of halogens is 4. The SMILES string of the molecule is Cc1cc(C(F)(F)F)cc(Cl)c1NC(=S)NC(=N)N. The minimum absolute atomic E-state index is 0.0303. The third-order valence-corrected chi connectivity index (χ3v) is 2.60. The first-order valence-electron chi connectivity index (χ1n) is 4.90. The van der Waals surface area contributed by atoms with Gasteiger partial charge in [-0.15, -0.1) is 0 Å². The first kappa shape index (κ1) is 15.5. The zero-order valence-corrected chi connectivity index (χ0v) is 11.2. The summed E-state index contributed by atoms with van der Waals surface area (Å²) < 4.78 is 37.7. The van der Waals surface area contributed by atoms with Gasteiger partial charge in [-0.05, 0) is 36.8 Å². The number of benzene rings is 1. The molecule has 19 heavy (non-hydrogen) atoms. The highest BCUT2D eigenvalue weighted by atomic mass is 35.5. The number of alkyl halides is 3. The summed E-state index contributed by atoms with van der Waals surface area (Å²) >= 11 is 10.6. The predicted molar refractivity (Wildman–Crippen MR) is 72.5 cm³/mol. The van der Waals surface area contributed by atoms with Crippen molar-refractivity contribution >= 4 is 40.6 Å². The average molecular weight is 311 g/mol. The van der Waals surface area contributed by atoms with E-state index in [0.717, 1.165) is 12.1 Å². The van der Waals surface area contributed by atoms with E-state index in [0.29, 0.717) is 0 Å². The van der Waals surface area contributed by atoms with Crippen molar-refractivity contribution in [1.82, 2.24) is 5.32 Å². The van der Waals surface area contributed by atoms with Gasteiger partial charge in [0.25, 0.3) is 0 Å². The Labute approximate surface area is 117 Å². The summed E-state index contributed by atoms with van der Waals surface area (Å²) in [6.07, 6.45) is -4.47. The fraction of sp³-hybridized carbons (Fsp3) is 0.200. The third-order valence-electron chi connectivity index (χ3n) is 2.10. The molecule has 0 fully saturated rings. The van der Waals surface area contributed by atoms with Crippen LogP contribution in [0.3, 0.4) is 0 Å². The normalized spacial score (nSPS) is 11.0. The Morgan fingerprint density at radius 1 is 1.42 bits per heavy atom. The molecule has 0 atom stereocenters. The highest BCUT2D eigenvalue weighted by molar-refractivity contribution is 7.80. The summed E-state index contributed by atoms with van der Waals surface area (Å²) in [6, 6.07) is 1.75. The number of anilines is 1. The van der Waals surface area contributed by atoms with E-state index in [-0.39, 0.29) is 21.4 Å². The zero-order chi connectivity index (χ0) is 14.8. The van der Waals surface area contributed by atoms with Gasteiger partial charge in [-0.3, -0.25) is 5.41 Å². The largest absolute Gasteiger partial charge is 0.416 e. The molecule has 0 heterocycles. The fourth-order valence-electron chi connectivity index (χ4n) is 1.33. The van der Waals surface area contributed by atoms with E-state index in [9.17, 15) is 13.2 Å². The van der Waals surface area contributed by atoms with Crippen LogP contribution < -0.4 is 16.4 Å². The Hall–Kier alpha value is -1.54. The van der Waals surface area contributed by atoms with Gasteiger partial charge in [0.15, 0.2) is 11.1 Å². The lowest BCUT2D eigenvalue weighted by Crippen LogP contribution is -2.38. The van der Waals surface area contributed by atoms with E-state index in [1.807, 2.05) is 0 Å². The second-order valence-electron chi connectivity index (χ2n) is 3.64. The first-order valence-corrected chi connectivity index (χ1v) is 5.69. The van der Waals surface area contributed by atoms with Crippen LogP contribution in [0.5, 0.6) is 0 Å². The van der Waals surface area contributed by atoms with Crippen LogP contribution in [0.2, 0.25) is 5.02 Å². The van der Waals surface area contributed by atoms with E-state index >= 15 is 0 Å². The molecule has 0 aliphatic heterocycles. The summed E-state index contributed by atoms with van der Waals surface area (Å²) in [5.41, 5.74) is 4.73. The monoisotopic (exact) mass is 310 g/mol. The maximum atomic E-state index is 12.6. The summed E-state index contributed by atoms with van der Waals surface area (Å²) in [5, 5.41) is 11.7. The van der Waals surface area contributed by atoms with E-state index in [2.05, 4.69) is 10.6 Å². The maximum Gasteiger partial charge on any atom is 0.416 e. The molecule has 5 N–H and O–H groups in total. The Morgan fingerprint density at radius 2 is 2.00 bits per heavy atom. The highest BCUT2D eigenvalue weighted by Crippen LogP contribution is 2.35. The number of hydrogen-bond acceptors (Lipinski definition) is 2. The van der Waals surface area contributed by atoms with Gasteiger partial charge in [0.2, 0.25) is 0 Å². The minimum atomic E-state index is -4.47. The molecule has 0 unspecified atom stereocenters. The molecule has 0 aliphatic rings. The first-order chi connectivity index (χ1) is 8.61. The van der Waals surface area contributed by atoms with Crippen LogP contribution in [0.1, 0.15) is 11.1 Å². The van der Waals surface area contributed by atoms with Crippen LogP contribution in [0.15, 0.2) is 12.1 Å². The topological polar surface area (TPSA) is 73.9 Å². The van der Waals surface area contributed by atoms with Gasteiger partial charge in [-0.25, -0.2) is 0 Å². The van der Waals surface area contributed by atoms with E-state index in [1.54, 1.807) is 0 Å². The second kappa shape index (κ2) is 5.62. The molecule has 0 spiro atoms. The van der Waals surface area contributed by atoms with E-state index in [1.165, 1.54) is 6.92 Å². The zero-order valence-electron chi connectivity index (χ0n) is 9.65. The Morgan fingerprint density at radius 3 is 2.42 bits per heavy atom. The maximum absolute atomic E-state index is 12.6. The fourth-order valence-corrected chi connectivity index (χ4v) is 1.86. The van der Waals surface area contributed by atoms with Gasteiger partial charge in [0, 0.05) is 0 Å². The predicted octanol–water partition coefficient (Wildman–Crippen LogP) is 2.85. The molecule has 104 valence electrons. The molecular weight excluding hydrogens is 301 g/mol. The average Bonchev–Trinajstić information content (AvgIpc) is 2.20. The van der Waals surface area contributed by atoms with Crippen molar-refractivity contribution in [3.05, 3.63) is 28.3 Å². The smallest absolute Gasteiger partial charge is 0.370 e. The lowest BCUT2D eigenvalue weighted by molar-refractivity contribution is -0.137. The number of thiocarbonyl (C=S) groups is 1. The summed E-state index contributed by atoms with van der Waals surface area (Å²) in [7, 11) is 0. The Balaban J connectivity index is 3.04. The van der Waals surface area contributed by atoms with Crippen LogP contribution in [-0.2, 0) is 6.18 Å². The summed E-state index contributed by atoms with van der Waals surface area (Å²) in [6.45, 7) is 1.46. The molecule has 1 aromatic carbocycles. The van der Waals surface area contributed by atoms with Gasteiger partial charge in [-0.2, -0.15) is 13.2 Å². The van der Waals surface area contributed by atoms with Gasteiger partial charge in [0.05, 0.1) is 16.3 Å². The Bertz CT molecular complexity index is 507. The Kier molecular flexibility index (Phi) is 4.59. The highest BCUT2D eigenvalue weighted by Gasteiger charge is 2.31. The third kappa shape index (κ3) is 4.25. The summed E-state index contributed by atoms with van der Waals surface area (Å²) in [4.78, 5) is 0. The molecule has 0 amide bonds. The molecule has 0 saturated heterocycles. The van der Waals surface area contributed by atoms with Crippen molar-refractivity contribution in [3.63, 3.8) is 0 Å². The van der Waals surface area contributed by atoms with Crippen molar-refractivity contribution in [2.24, 2.45) is 5.73 Å². The molecule has 0 aliphatic carbocycles. The van der Waals surface area contributed by atoms with Crippen molar-refractivity contribution in [1.29, 1.82) is 5.41 Å². The molecule has 0 aromatic heterocycles. The van der Waals surface area contributed by atoms with Gasteiger partial charge in [0.1, 0.15) is 0 Å². The number of aryl methyl sites for hydroxylation is 1. The molecular formula is C10H10ClF3N4S. The number of rotatable bonds is 1. The van der Waals surface area contributed by atoms with Gasteiger partial charge >= 0.3 is 6.18 Å². The number of hydrogen-bond donors (Lipinski definition) is 4. The number of nitrogens with one attached hydrogen (secondary N) is 3. The van der Waals surface area contributed by atoms with Crippen LogP contribution >= 0.6 is 23.8 Å². The molecule has 1 aromatic rings. The van der Waals surface area contributed by atoms with Crippen LogP contribution in [0.4, 0.5) is 18.9 Å². The molecule has 9 heteroatoms. The quantitative estimate of drug-likeness (QED) is 0.365. The molecule has 0 radical (unpaired) electrons. The summed E-state index contributed by atoms with van der Waals surface area (Å²) in [5.74, 6) is -0.391. The van der Waals surface area contributed by atoms with Gasteiger partial charge in [-0.1, -0.05) is 11.6 Å². The van der Waals surface area contributed by atoms with Crippen molar-refractivity contribution in [2.45, 2.75) is 13.1 Å². The van der Waals surface area contributed by atoms with E-state index in [4.69, 9.17) is 35.0 Å². The van der Waals surface area contributed by atoms with Crippen molar-refractivity contribution in [3.8, 4) is 0 Å². The lowest BCUT2D eigenvalue weighted by Gasteiger charge is -2.15. The molecule has 4 nitrogen and oxygen atoms in total. The molecule has 0 bridgehead atoms. The van der Waals surface area contributed by atoms with Gasteiger partial charge < -0.3 is 16.4 Å². The van der Waals surface area contributed by atoms with Crippen LogP contribution in [0.25, 0.3) is 0 Å². The van der Waals surface area contributed by atoms with Crippen molar-refractivity contribution < 1.29 is 13.2 Å². The lowest BCUT2D eigenvalue weighted by atomic mass is 10.1. The van der Waals surface area contributed by atoms with Crippen LogP contribution in [-0.4, -0.2) is 11.1 Å². The number of guanidine groups is 1. The standard InChI is InChI=1S/C10H10ClF3N4S/c1-4-2-5(10(12,13)14)3-6(11)7(4)17-9(19)18-8(15)16/h2-3H,1H3,(H5,15,16,17,18,19). The van der Waals surface area contributed by atoms with Crippen LogP contribution in [0, 0.1) is 12.3 Å². The van der Waals surface area contributed by atoms with Crippen molar-refractivity contribution in [2.75, 3.05) is 5.32 Å². The molecule has 1 rings (SSSR count). The second-order valence-corrected chi connectivity index (χ2v) is 4.46. The van der Waals surface area contributed by atoms with E-state index < -0.39 is 17.7 Å².